The number of esters is 1. The lowest BCUT2D eigenvalue weighted by atomic mass is 10.1. The summed E-state index contributed by atoms with van der Waals surface area (Å²) >= 11 is 0. The molecule has 120 valence electrons. The van der Waals surface area contributed by atoms with Gasteiger partial charge in [0.2, 0.25) is 0 Å². The number of aromatic nitrogens is 2. The molecule has 2 rings (SSSR count). The molecule has 0 aliphatic rings. The first-order chi connectivity index (χ1) is 11.0. The zero-order chi connectivity index (χ0) is 17.0. The Hall–Kier alpha value is -2.76. The van der Waals surface area contributed by atoms with Crippen LogP contribution in [0.15, 0.2) is 35.1 Å². The maximum atomic E-state index is 12.6. The van der Waals surface area contributed by atoms with E-state index in [-0.39, 0.29) is 23.6 Å². The van der Waals surface area contributed by atoms with E-state index in [1.807, 2.05) is 19.1 Å². The van der Waals surface area contributed by atoms with Crippen LogP contribution in [-0.2, 0) is 11.2 Å². The quantitative estimate of drug-likeness (QED) is 0.624. The molecule has 6 heteroatoms. The van der Waals surface area contributed by atoms with Gasteiger partial charge in [0.15, 0.2) is 5.78 Å². The van der Waals surface area contributed by atoms with Gasteiger partial charge in [-0.3, -0.25) is 9.59 Å². The molecule has 0 amide bonds. The van der Waals surface area contributed by atoms with Gasteiger partial charge in [0, 0.05) is 6.92 Å². The van der Waals surface area contributed by atoms with Crippen molar-refractivity contribution >= 4 is 11.8 Å². The predicted molar refractivity (Wildman–Crippen MR) is 85.2 cm³/mol. The molecule has 0 aliphatic heterocycles. The lowest BCUT2D eigenvalue weighted by Crippen LogP contribution is -2.30. The highest BCUT2D eigenvalue weighted by Gasteiger charge is 2.19. The summed E-state index contributed by atoms with van der Waals surface area (Å²) in [5.74, 6) is -1.09. The SMILES string of the molecule is CCOC(=O)c1cc(C(C)=O)nn(-c2ccccc2CC)c1=O. The Morgan fingerprint density at radius 3 is 2.52 bits per heavy atom. The minimum Gasteiger partial charge on any atom is -0.462 e. The van der Waals surface area contributed by atoms with Gasteiger partial charge in [-0.25, -0.2) is 4.79 Å². The van der Waals surface area contributed by atoms with Crippen molar-refractivity contribution < 1.29 is 14.3 Å². The summed E-state index contributed by atoms with van der Waals surface area (Å²) in [4.78, 5) is 36.3. The molecule has 1 aromatic carbocycles. The van der Waals surface area contributed by atoms with E-state index in [1.54, 1.807) is 19.1 Å². The molecule has 6 nitrogen and oxygen atoms in total. The minimum absolute atomic E-state index is 0.0403. The van der Waals surface area contributed by atoms with Crippen molar-refractivity contribution in [3.05, 3.63) is 57.5 Å². The molecular formula is C17H18N2O4. The van der Waals surface area contributed by atoms with Crippen LogP contribution in [0.2, 0.25) is 0 Å². The highest BCUT2D eigenvalue weighted by atomic mass is 16.5. The van der Waals surface area contributed by atoms with Crippen LogP contribution in [0.4, 0.5) is 0 Å². The molecule has 0 bridgehead atoms. The van der Waals surface area contributed by atoms with Crippen LogP contribution in [0.25, 0.3) is 5.69 Å². The first-order valence-electron chi connectivity index (χ1n) is 7.40. The smallest absolute Gasteiger partial charge is 0.343 e. The van der Waals surface area contributed by atoms with Crippen molar-refractivity contribution in [3.8, 4) is 5.69 Å². The normalized spacial score (nSPS) is 10.4. The average molecular weight is 314 g/mol. The molecule has 0 atom stereocenters. The van der Waals surface area contributed by atoms with Gasteiger partial charge in [-0.15, -0.1) is 0 Å². The van der Waals surface area contributed by atoms with Crippen molar-refractivity contribution in [2.45, 2.75) is 27.2 Å². The monoisotopic (exact) mass is 314 g/mol. The number of Topliss-reactive ketones (excluding diaryl/α,β-unsaturated/α-hetero) is 1. The molecule has 0 saturated heterocycles. The number of aryl methyl sites for hydroxylation is 1. The second-order valence-electron chi connectivity index (χ2n) is 4.92. The molecule has 0 radical (unpaired) electrons. The highest BCUT2D eigenvalue weighted by molar-refractivity contribution is 5.96. The van der Waals surface area contributed by atoms with E-state index in [9.17, 15) is 14.4 Å². The predicted octanol–water partition coefficient (Wildman–Crippen LogP) is 2.17. The third kappa shape index (κ3) is 3.36. The molecule has 0 fully saturated rings. The van der Waals surface area contributed by atoms with Gasteiger partial charge in [0.25, 0.3) is 5.56 Å². The standard InChI is InChI=1S/C17H18N2O4/c1-4-12-8-6-7-9-15(12)19-16(21)13(17(22)23-5-2)10-14(18-19)11(3)20/h6-10H,4-5H2,1-3H3. The van der Waals surface area contributed by atoms with Crippen molar-refractivity contribution in [2.75, 3.05) is 6.61 Å². The van der Waals surface area contributed by atoms with E-state index < -0.39 is 11.5 Å². The van der Waals surface area contributed by atoms with Crippen LogP contribution in [-0.4, -0.2) is 28.1 Å². The lowest BCUT2D eigenvalue weighted by molar-refractivity contribution is 0.0523. The van der Waals surface area contributed by atoms with Crippen molar-refractivity contribution in [1.29, 1.82) is 0 Å². The number of rotatable bonds is 5. The maximum Gasteiger partial charge on any atom is 0.343 e. The Morgan fingerprint density at radius 1 is 1.22 bits per heavy atom. The van der Waals surface area contributed by atoms with Crippen molar-refractivity contribution in [2.24, 2.45) is 0 Å². The third-order valence-electron chi connectivity index (χ3n) is 3.37. The molecule has 1 aromatic heterocycles. The Morgan fingerprint density at radius 2 is 1.91 bits per heavy atom. The maximum absolute atomic E-state index is 12.6. The third-order valence-corrected chi connectivity index (χ3v) is 3.37. The highest BCUT2D eigenvalue weighted by Crippen LogP contribution is 2.13. The summed E-state index contributed by atoms with van der Waals surface area (Å²) in [5, 5.41) is 4.10. The second kappa shape index (κ2) is 7.00. The van der Waals surface area contributed by atoms with E-state index in [2.05, 4.69) is 5.10 Å². The van der Waals surface area contributed by atoms with E-state index in [0.717, 1.165) is 10.2 Å². The van der Waals surface area contributed by atoms with Crippen LogP contribution in [0, 0.1) is 0 Å². The first kappa shape index (κ1) is 16.6. The summed E-state index contributed by atoms with van der Waals surface area (Å²) in [6, 6.07) is 8.41. The Bertz CT molecular complexity index is 808. The van der Waals surface area contributed by atoms with Crippen molar-refractivity contribution in [3.63, 3.8) is 0 Å². The van der Waals surface area contributed by atoms with Crippen LogP contribution in [0.5, 0.6) is 0 Å². The second-order valence-corrected chi connectivity index (χ2v) is 4.92. The molecule has 1 heterocycles. The van der Waals surface area contributed by atoms with Gasteiger partial charge in [-0.2, -0.15) is 9.78 Å². The fourth-order valence-corrected chi connectivity index (χ4v) is 2.20. The summed E-state index contributed by atoms with van der Waals surface area (Å²) in [5.41, 5.74) is 0.678. The van der Waals surface area contributed by atoms with Gasteiger partial charge in [-0.05, 0) is 31.0 Å². The minimum atomic E-state index is -0.759. The lowest BCUT2D eigenvalue weighted by Gasteiger charge is -2.12. The number of ether oxygens (including phenoxy) is 1. The van der Waals surface area contributed by atoms with E-state index in [1.165, 1.54) is 13.0 Å². The van der Waals surface area contributed by atoms with Gasteiger partial charge in [0.05, 0.1) is 12.3 Å². The average Bonchev–Trinajstić information content (AvgIpc) is 2.55. The number of hydrogen-bond donors (Lipinski definition) is 0. The fraction of sp³-hybridized carbons (Fsp3) is 0.294. The van der Waals surface area contributed by atoms with Crippen LogP contribution in [0.3, 0.4) is 0 Å². The Labute approximate surface area is 133 Å². The Balaban J connectivity index is 2.75. The van der Waals surface area contributed by atoms with Gasteiger partial charge >= 0.3 is 5.97 Å². The molecular weight excluding hydrogens is 296 g/mol. The number of ketones is 1. The number of hydrogen-bond acceptors (Lipinski definition) is 5. The largest absolute Gasteiger partial charge is 0.462 e. The zero-order valence-corrected chi connectivity index (χ0v) is 13.3. The summed E-state index contributed by atoms with van der Waals surface area (Å²) in [7, 11) is 0. The Kier molecular flexibility index (Phi) is 5.05. The molecule has 0 saturated carbocycles. The van der Waals surface area contributed by atoms with E-state index in [4.69, 9.17) is 4.74 Å². The molecule has 0 N–H and O–H groups in total. The first-order valence-corrected chi connectivity index (χ1v) is 7.40. The van der Waals surface area contributed by atoms with Gasteiger partial charge in [0.1, 0.15) is 11.3 Å². The fourth-order valence-electron chi connectivity index (χ4n) is 2.20. The molecule has 0 unspecified atom stereocenters. The zero-order valence-electron chi connectivity index (χ0n) is 13.3. The summed E-state index contributed by atoms with van der Waals surface area (Å²) in [6.45, 7) is 5.07. The van der Waals surface area contributed by atoms with Gasteiger partial charge < -0.3 is 4.74 Å². The molecule has 23 heavy (non-hydrogen) atoms. The molecule has 2 aromatic rings. The van der Waals surface area contributed by atoms with Crippen LogP contribution in [0.1, 0.15) is 47.2 Å². The number of benzene rings is 1. The summed E-state index contributed by atoms with van der Waals surface area (Å²) in [6.07, 6.45) is 0.684. The van der Waals surface area contributed by atoms with E-state index in [0.29, 0.717) is 12.1 Å². The number of carbonyl (C=O) groups is 2. The summed E-state index contributed by atoms with van der Waals surface area (Å²) < 4.78 is 6.00. The van der Waals surface area contributed by atoms with E-state index >= 15 is 0 Å². The van der Waals surface area contributed by atoms with Gasteiger partial charge in [-0.1, -0.05) is 25.1 Å². The topological polar surface area (TPSA) is 78.3 Å². The number of nitrogens with zero attached hydrogens (tertiary/aromatic N) is 2. The van der Waals surface area contributed by atoms with Crippen molar-refractivity contribution in [1.82, 2.24) is 9.78 Å². The number of carbonyl (C=O) groups excluding carboxylic acids is 2. The van der Waals surface area contributed by atoms with Crippen LogP contribution >= 0.6 is 0 Å². The molecule has 0 spiro atoms. The van der Waals surface area contributed by atoms with Crippen LogP contribution < -0.4 is 5.56 Å². The number of para-hydroxylation sites is 1. The molecule has 0 aliphatic carbocycles.